The molecule has 0 spiro atoms. The van der Waals surface area contributed by atoms with Crippen LogP contribution in [-0.2, 0) is 4.79 Å². The maximum atomic E-state index is 11.1. The van der Waals surface area contributed by atoms with Crippen molar-refractivity contribution in [2.24, 2.45) is 17.4 Å². The molecular formula is C8H16N2O2S. The van der Waals surface area contributed by atoms with Crippen LogP contribution in [0, 0.1) is 5.92 Å². The number of thioether (sulfide) groups is 1. The molecule has 1 aliphatic rings. The number of aliphatic hydroxyl groups excluding tert-OH is 1. The van der Waals surface area contributed by atoms with Crippen molar-refractivity contribution in [2.45, 2.75) is 18.4 Å². The minimum absolute atomic E-state index is 0.115. The lowest BCUT2D eigenvalue weighted by molar-refractivity contribution is -0.123. The molecule has 0 heterocycles. The number of carbonyl (C=O) groups is 1. The smallest absolute Gasteiger partial charge is 0.238 e. The van der Waals surface area contributed by atoms with E-state index in [2.05, 4.69) is 0 Å². The second-order valence-corrected chi connectivity index (χ2v) is 4.56. The van der Waals surface area contributed by atoms with Gasteiger partial charge in [-0.15, -0.1) is 0 Å². The summed E-state index contributed by atoms with van der Waals surface area (Å²) in [5, 5.41) is 8.58. The Morgan fingerprint density at radius 1 is 1.62 bits per heavy atom. The molecule has 0 bridgehead atoms. The zero-order valence-corrected chi connectivity index (χ0v) is 8.35. The molecule has 1 rings (SSSR count). The summed E-state index contributed by atoms with van der Waals surface area (Å²) in [5.74, 6) is 0.976. The summed E-state index contributed by atoms with van der Waals surface area (Å²) in [6, 6.07) is 0. The van der Waals surface area contributed by atoms with Crippen molar-refractivity contribution in [3.05, 3.63) is 0 Å². The molecular weight excluding hydrogens is 188 g/mol. The lowest BCUT2D eigenvalue weighted by atomic mass is 9.96. The number of hydrogen-bond acceptors (Lipinski definition) is 4. The molecule has 5 N–H and O–H groups in total. The Bertz CT molecular complexity index is 197. The summed E-state index contributed by atoms with van der Waals surface area (Å²) in [6.45, 7) is 0.115. The predicted molar refractivity (Wildman–Crippen MR) is 53.2 cm³/mol. The Kier molecular flexibility index (Phi) is 3.58. The Morgan fingerprint density at radius 2 is 2.23 bits per heavy atom. The second-order valence-electron chi connectivity index (χ2n) is 3.46. The van der Waals surface area contributed by atoms with Crippen LogP contribution in [-0.4, -0.2) is 34.7 Å². The van der Waals surface area contributed by atoms with Gasteiger partial charge < -0.3 is 16.6 Å². The van der Waals surface area contributed by atoms with Crippen LogP contribution in [0.15, 0.2) is 0 Å². The molecule has 1 saturated carbocycles. The van der Waals surface area contributed by atoms with Crippen LogP contribution in [0.4, 0.5) is 0 Å². The van der Waals surface area contributed by atoms with Gasteiger partial charge in [0.2, 0.25) is 5.91 Å². The van der Waals surface area contributed by atoms with E-state index >= 15 is 0 Å². The third-order valence-electron chi connectivity index (χ3n) is 2.34. The monoisotopic (exact) mass is 204 g/mol. The molecule has 0 aromatic rings. The van der Waals surface area contributed by atoms with Gasteiger partial charge in [0, 0.05) is 11.5 Å². The second kappa shape index (κ2) is 4.30. The maximum absolute atomic E-state index is 11.1. The Balaban J connectivity index is 2.42. The van der Waals surface area contributed by atoms with E-state index in [1.165, 1.54) is 11.8 Å². The van der Waals surface area contributed by atoms with E-state index in [-0.39, 0.29) is 12.5 Å². The number of carbonyl (C=O) groups excluding carboxylic acids is 1. The third-order valence-corrected chi connectivity index (χ3v) is 3.49. The van der Waals surface area contributed by atoms with Crippen molar-refractivity contribution in [3.8, 4) is 0 Å². The number of hydrogen-bond donors (Lipinski definition) is 3. The molecule has 0 saturated heterocycles. The van der Waals surface area contributed by atoms with Gasteiger partial charge in [-0.2, -0.15) is 11.8 Å². The van der Waals surface area contributed by atoms with E-state index in [1.54, 1.807) is 0 Å². The fourth-order valence-corrected chi connectivity index (χ4v) is 2.28. The van der Waals surface area contributed by atoms with Gasteiger partial charge in [0.1, 0.15) is 5.54 Å². The molecule has 1 fully saturated rings. The molecule has 0 aromatic heterocycles. The highest BCUT2D eigenvalue weighted by molar-refractivity contribution is 7.99. The molecule has 76 valence electrons. The van der Waals surface area contributed by atoms with Gasteiger partial charge in [0.15, 0.2) is 0 Å². The van der Waals surface area contributed by atoms with Crippen LogP contribution in [0.3, 0.4) is 0 Å². The molecule has 1 aliphatic carbocycles. The van der Waals surface area contributed by atoms with Crippen LogP contribution < -0.4 is 11.5 Å². The van der Waals surface area contributed by atoms with Crippen LogP contribution in [0.2, 0.25) is 0 Å². The first-order chi connectivity index (χ1) is 6.11. The van der Waals surface area contributed by atoms with Crippen molar-refractivity contribution in [3.63, 3.8) is 0 Å². The van der Waals surface area contributed by atoms with Crippen molar-refractivity contribution in [1.82, 2.24) is 0 Å². The van der Waals surface area contributed by atoms with Crippen molar-refractivity contribution < 1.29 is 9.90 Å². The maximum Gasteiger partial charge on any atom is 0.238 e. The minimum atomic E-state index is -0.847. The molecule has 13 heavy (non-hydrogen) atoms. The van der Waals surface area contributed by atoms with Crippen molar-refractivity contribution >= 4 is 17.7 Å². The van der Waals surface area contributed by atoms with E-state index in [9.17, 15) is 4.79 Å². The van der Waals surface area contributed by atoms with Gasteiger partial charge in [-0.25, -0.2) is 0 Å². The standard InChI is InChI=1S/C8H16N2O2S/c9-7(12)8(10,6-1-2-6)5-13-4-3-11/h6,11H,1-5,10H2,(H2,9,12). The molecule has 0 aromatic carbocycles. The summed E-state index contributed by atoms with van der Waals surface area (Å²) >= 11 is 1.48. The average Bonchev–Trinajstić information content (AvgIpc) is 2.86. The van der Waals surface area contributed by atoms with Crippen molar-refractivity contribution in [1.29, 1.82) is 0 Å². The highest BCUT2D eigenvalue weighted by Crippen LogP contribution is 2.39. The number of rotatable bonds is 6. The van der Waals surface area contributed by atoms with Gasteiger partial charge in [-0.05, 0) is 18.8 Å². The first-order valence-corrected chi connectivity index (χ1v) is 5.54. The topological polar surface area (TPSA) is 89.3 Å². The number of primary amides is 1. The quantitative estimate of drug-likeness (QED) is 0.499. The van der Waals surface area contributed by atoms with E-state index in [1.807, 2.05) is 0 Å². The van der Waals surface area contributed by atoms with E-state index < -0.39 is 11.4 Å². The highest BCUT2D eigenvalue weighted by Gasteiger charge is 2.46. The molecule has 4 nitrogen and oxygen atoms in total. The summed E-state index contributed by atoms with van der Waals surface area (Å²) in [7, 11) is 0. The number of amides is 1. The zero-order chi connectivity index (χ0) is 9.90. The summed E-state index contributed by atoms with van der Waals surface area (Å²) in [5.41, 5.74) is 10.3. The molecule has 0 aliphatic heterocycles. The Morgan fingerprint density at radius 3 is 2.62 bits per heavy atom. The van der Waals surface area contributed by atoms with E-state index in [0.717, 1.165) is 12.8 Å². The normalized spacial score (nSPS) is 21.1. The third kappa shape index (κ3) is 2.59. The Labute approximate surface area is 82.0 Å². The number of nitrogens with two attached hydrogens (primary N) is 2. The van der Waals surface area contributed by atoms with Crippen LogP contribution in [0.1, 0.15) is 12.8 Å². The van der Waals surface area contributed by atoms with Crippen LogP contribution in [0.25, 0.3) is 0 Å². The van der Waals surface area contributed by atoms with Gasteiger partial charge in [-0.1, -0.05) is 0 Å². The Hall–Kier alpha value is -0.260. The lowest BCUT2D eigenvalue weighted by Gasteiger charge is -2.25. The molecule has 1 atom stereocenters. The SMILES string of the molecule is NC(=O)C(N)(CSCCO)C1CC1. The molecule has 5 heteroatoms. The summed E-state index contributed by atoms with van der Waals surface area (Å²) < 4.78 is 0. The van der Waals surface area contributed by atoms with Crippen LogP contribution in [0.5, 0.6) is 0 Å². The van der Waals surface area contributed by atoms with Crippen molar-refractivity contribution in [2.75, 3.05) is 18.1 Å². The van der Waals surface area contributed by atoms with Crippen LogP contribution >= 0.6 is 11.8 Å². The lowest BCUT2D eigenvalue weighted by Crippen LogP contribution is -2.56. The first-order valence-electron chi connectivity index (χ1n) is 4.38. The molecule has 1 unspecified atom stereocenters. The largest absolute Gasteiger partial charge is 0.396 e. The van der Waals surface area contributed by atoms with Gasteiger partial charge in [0.05, 0.1) is 6.61 Å². The fourth-order valence-electron chi connectivity index (χ4n) is 1.29. The first kappa shape index (κ1) is 10.8. The van der Waals surface area contributed by atoms with E-state index in [4.69, 9.17) is 16.6 Å². The minimum Gasteiger partial charge on any atom is -0.396 e. The number of aliphatic hydroxyl groups is 1. The van der Waals surface area contributed by atoms with Gasteiger partial charge >= 0.3 is 0 Å². The van der Waals surface area contributed by atoms with E-state index in [0.29, 0.717) is 11.5 Å². The molecule has 0 radical (unpaired) electrons. The summed E-state index contributed by atoms with van der Waals surface area (Å²) in [4.78, 5) is 11.1. The summed E-state index contributed by atoms with van der Waals surface area (Å²) in [6.07, 6.45) is 2.00. The van der Waals surface area contributed by atoms with Gasteiger partial charge in [-0.3, -0.25) is 4.79 Å². The zero-order valence-electron chi connectivity index (χ0n) is 7.53. The molecule has 1 amide bonds. The van der Waals surface area contributed by atoms with Gasteiger partial charge in [0.25, 0.3) is 0 Å². The highest BCUT2D eigenvalue weighted by atomic mass is 32.2. The average molecular weight is 204 g/mol. The predicted octanol–water partition coefficient (Wildman–Crippen LogP) is -0.695. The fraction of sp³-hybridized carbons (Fsp3) is 0.875.